The van der Waals surface area contributed by atoms with Crippen LogP contribution in [0.1, 0.15) is 32.6 Å². The number of hydrogen-bond acceptors (Lipinski definition) is 5. The molecule has 1 aromatic heterocycles. The van der Waals surface area contributed by atoms with E-state index in [2.05, 4.69) is 10.2 Å². The molecule has 1 atom stereocenters. The van der Waals surface area contributed by atoms with Crippen LogP contribution in [0, 0.1) is 5.82 Å². The Labute approximate surface area is 151 Å². The Morgan fingerprint density at radius 3 is 2.73 bits per heavy atom. The van der Waals surface area contributed by atoms with Gasteiger partial charge in [0.25, 0.3) is 0 Å². The fourth-order valence-corrected chi connectivity index (χ4v) is 2.83. The van der Waals surface area contributed by atoms with Gasteiger partial charge < -0.3 is 20.1 Å². The molecule has 1 aliphatic heterocycles. The Kier molecular flexibility index (Phi) is 4.86. The molecule has 1 unspecified atom stereocenters. The van der Waals surface area contributed by atoms with E-state index in [-0.39, 0.29) is 5.82 Å². The van der Waals surface area contributed by atoms with E-state index < -0.39 is 17.8 Å². The van der Waals surface area contributed by atoms with Crippen molar-refractivity contribution < 1.29 is 18.7 Å². The number of nitrogens with two attached hydrogens (primary N) is 1. The lowest BCUT2D eigenvalue weighted by molar-refractivity contribution is -0.0445. The second-order valence-electron chi connectivity index (χ2n) is 7.19. The van der Waals surface area contributed by atoms with E-state index in [1.807, 2.05) is 20.8 Å². The lowest BCUT2D eigenvalue weighted by atomic mass is 10.0. The van der Waals surface area contributed by atoms with Gasteiger partial charge in [0, 0.05) is 12.1 Å². The van der Waals surface area contributed by atoms with Crippen LogP contribution in [0.5, 0.6) is 0 Å². The molecule has 7 nitrogen and oxygen atoms in total. The topological polar surface area (TPSA) is 93.5 Å². The smallest absolute Gasteiger partial charge is 0.410 e. The molecule has 140 valence electrons. The molecule has 3 rings (SSSR count). The van der Waals surface area contributed by atoms with E-state index in [1.165, 1.54) is 12.1 Å². The number of carbonyl (C=O) groups is 1. The number of benzene rings is 1. The van der Waals surface area contributed by atoms with E-state index in [0.29, 0.717) is 36.8 Å². The van der Waals surface area contributed by atoms with Crippen LogP contribution in [0.2, 0.25) is 0 Å². The van der Waals surface area contributed by atoms with Crippen molar-refractivity contribution in [2.45, 2.75) is 32.5 Å². The minimum atomic E-state index is -0.569. The van der Waals surface area contributed by atoms with Crippen LogP contribution in [0.25, 0.3) is 11.1 Å². The van der Waals surface area contributed by atoms with Crippen molar-refractivity contribution in [1.82, 2.24) is 15.1 Å². The lowest BCUT2D eigenvalue weighted by Crippen LogP contribution is -2.44. The summed E-state index contributed by atoms with van der Waals surface area (Å²) in [7, 11) is 0. The van der Waals surface area contributed by atoms with Crippen LogP contribution in [0.3, 0.4) is 0 Å². The fourth-order valence-electron chi connectivity index (χ4n) is 2.83. The molecular formula is C18H23FN4O3. The van der Waals surface area contributed by atoms with E-state index in [1.54, 1.807) is 17.0 Å². The molecule has 3 N–H and O–H groups in total. The van der Waals surface area contributed by atoms with Crippen molar-refractivity contribution >= 4 is 11.9 Å². The van der Waals surface area contributed by atoms with Gasteiger partial charge in [0.2, 0.25) is 0 Å². The Bertz CT molecular complexity index is 783. The average Bonchev–Trinajstić information content (AvgIpc) is 2.96. The number of ether oxygens (including phenoxy) is 2. The third-order valence-corrected chi connectivity index (χ3v) is 3.98. The van der Waals surface area contributed by atoms with Crippen molar-refractivity contribution in [3.8, 4) is 11.1 Å². The Morgan fingerprint density at radius 2 is 2.08 bits per heavy atom. The summed E-state index contributed by atoms with van der Waals surface area (Å²) < 4.78 is 24.5. The summed E-state index contributed by atoms with van der Waals surface area (Å²) in [6.45, 7) is 6.57. The zero-order valence-corrected chi connectivity index (χ0v) is 15.1. The van der Waals surface area contributed by atoms with E-state index in [0.717, 1.165) is 5.56 Å². The number of aromatic amines is 1. The van der Waals surface area contributed by atoms with Gasteiger partial charge in [-0.1, -0.05) is 12.1 Å². The van der Waals surface area contributed by atoms with E-state index in [4.69, 9.17) is 15.2 Å². The maximum atomic E-state index is 13.2. The number of anilines is 1. The van der Waals surface area contributed by atoms with Gasteiger partial charge in [-0.15, -0.1) is 0 Å². The first-order valence-electron chi connectivity index (χ1n) is 8.44. The molecule has 2 aromatic rings. The van der Waals surface area contributed by atoms with Crippen LogP contribution in [0.15, 0.2) is 24.3 Å². The molecule has 0 saturated carbocycles. The van der Waals surface area contributed by atoms with Crippen LogP contribution >= 0.6 is 0 Å². The molecule has 1 aliphatic rings. The predicted octanol–water partition coefficient (Wildman–Crippen LogP) is 3.11. The monoisotopic (exact) mass is 362 g/mol. The number of carbonyl (C=O) groups excluding carboxylic acids is 1. The number of morpholine rings is 1. The largest absolute Gasteiger partial charge is 0.444 e. The summed E-state index contributed by atoms with van der Waals surface area (Å²) in [5.74, 6) is 0.0342. The standard InChI is InChI=1S/C18H23FN4O3/c1-18(2,3)26-17(24)23-8-9-25-13(10-23)15-14(16(20)22-21-15)11-4-6-12(19)7-5-11/h4-7,13H,8-10H2,1-3H3,(H3,20,21,22). The number of aromatic nitrogens is 2. The van der Waals surface area contributed by atoms with Crippen LogP contribution in [-0.4, -0.2) is 46.5 Å². The second kappa shape index (κ2) is 6.95. The number of nitrogens with one attached hydrogen (secondary N) is 1. The molecule has 0 aliphatic carbocycles. The SMILES string of the molecule is CC(C)(C)OC(=O)N1CCOC(c2n[nH]c(N)c2-c2ccc(F)cc2)C1. The first-order valence-corrected chi connectivity index (χ1v) is 8.44. The van der Waals surface area contributed by atoms with Gasteiger partial charge in [-0.2, -0.15) is 5.10 Å². The quantitative estimate of drug-likeness (QED) is 0.856. The van der Waals surface area contributed by atoms with Crippen molar-refractivity contribution in [3.05, 3.63) is 35.8 Å². The average molecular weight is 362 g/mol. The zero-order chi connectivity index (χ0) is 18.9. The maximum Gasteiger partial charge on any atom is 0.410 e. The minimum Gasteiger partial charge on any atom is -0.444 e. The Hall–Kier alpha value is -2.61. The normalized spacial score (nSPS) is 18.0. The van der Waals surface area contributed by atoms with Crippen LogP contribution in [-0.2, 0) is 9.47 Å². The Morgan fingerprint density at radius 1 is 1.38 bits per heavy atom. The van der Waals surface area contributed by atoms with Crippen molar-refractivity contribution in [2.24, 2.45) is 0 Å². The zero-order valence-electron chi connectivity index (χ0n) is 15.1. The van der Waals surface area contributed by atoms with Crippen molar-refractivity contribution in [2.75, 3.05) is 25.4 Å². The summed E-state index contributed by atoms with van der Waals surface area (Å²) in [5.41, 5.74) is 7.42. The molecule has 26 heavy (non-hydrogen) atoms. The number of nitrogen functional groups attached to an aromatic ring is 1. The van der Waals surface area contributed by atoms with E-state index >= 15 is 0 Å². The summed E-state index contributed by atoms with van der Waals surface area (Å²) in [4.78, 5) is 13.9. The van der Waals surface area contributed by atoms with Gasteiger partial charge in [-0.25, -0.2) is 9.18 Å². The Balaban J connectivity index is 1.83. The molecular weight excluding hydrogens is 339 g/mol. The summed E-state index contributed by atoms with van der Waals surface area (Å²) in [5, 5.41) is 7.01. The van der Waals surface area contributed by atoms with Crippen molar-refractivity contribution in [3.63, 3.8) is 0 Å². The maximum absolute atomic E-state index is 13.2. The molecule has 0 bridgehead atoms. The predicted molar refractivity (Wildman–Crippen MR) is 94.9 cm³/mol. The number of nitrogens with zero attached hydrogens (tertiary/aromatic N) is 2. The molecule has 8 heteroatoms. The van der Waals surface area contributed by atoms with Gasteiger partial charge in [0.05, 0.1) is 13.2 Å². The number of hydrogen-bond donors (Lipinski definition) is 2. The molecule has 1 aromatic carbocycles. The number of amides is 1. The third kappa shape index (κ3) is 3.96. The second-order valence-corrected chi connectivity index (χ2v) is 7.19. The van der Waals surface area contributed by atoms with Crippen LogP contribution in [0.4, 0.5) is 15.0 Å². The van der Waals surface area contributed by atoms with Gasteiger partial charge in [0.15, 0.2) is 0 Å². The molecule has 1 saturated heterocycles. The molecule has 0 radical (unpaired) electrons. The number of halogens is 1. The third-order valence-electron chi connectivity index (χ3n) is 3.98. The fraction of sp³-hybridized carbons (Fsp3) is 0.444. The van der Waals surface area contributed by atoms with Crippen LogP contribution < -0.4 is 5.73 Å². The highest BCUT2D eigenvalue weighted by atomic mass is 19.1. The summed E-state index contributed by atoms with van der Waals surface area (Å²) in [6, 6.07) is 5.99. The first-order chi connectivity index (χ1) is 12.2. The molecule has 2 heterocycles. The molecule has 1 amide bonds. The minimum absolute atomic E-state index is 0.299. The lowest BCUT2D eigenvalue weighted by Gasteiger charge is -2.33. The van der Waals surface area contributed by atoms with Gasteiger partial charge in [-0.3, -0.25) is 5.10 Å². The van der Waals surface area contributed by atoms with Crippen molar-refractivity contribution in [1.29, 1.82) is 0 Å². The van der Waals surface area contributed by atoms with Gasteiger partial charge in [-0.05, 0) is 38.5 Å². The number of rotatable bonds is 2. The highest BCUT2D eigenvalue weighted by molar-refractivity contribution is 5.76. The highest BCUT2D eigenvalue weighted by Gasteiger charge is 2.32. The summed E-state index contributed by atoms with van der Waals surface area (Å²) in [6.07, 6.45) is -0.845. The highest BCUT2D eigenvalue weighted by Crippen LogP contribution is 2.34. The number of H-pyrrole nitrogens is 1. The van der Waals surface area contributed by atoms with E-state index in [9.17, 15) is 9.18 Å². The molecule has 1 fully saturated rings. The summed E-state index contributed by atoms with van der Waals surface area (Å²) >= 11 is 0. The molecule has 0 spiro atoms. The van der Waals surface area contributed by atoms with Gasteiger partial charge in [0.1, 0.15) is 29.0 Å². The first kappa shape index (κ1) is 18.2. The van der Waals surface area contributed by atoms with Gasteiger partial charge >= 0.3 is 6.09 Å².